The van der Waals surface area contributed by atoms with Crippen molar-refractivity contribution in [1.82, 2.24) is 10.6 Å². The summed E-state index contributed by atoms with van der Waals surface area (Å²) in [5.74, 6) is -2.52. The quantitative estimate of drug-likeness (QED) is 0.495. The highest BCUT2D eigenvalue weighted by molar-refractivity contribution is 5.74. The number of carbonyl (C=O) groups is 2. The van der Waals surface area contributed by atoms with Gasteiger partial charge in [-0.25, -0.2) is 0 Å². The average Bonchev–Trinajstić information content (AvgIpc) is 3.06. The van der Waals surface area contributed by atoms with Crippen LogP contribution in [0.1, 0.15) is 19.3 Å². The van der Waals surface area contributed by atoms with E-state index in [0.29, 0.717) is 26.3 Å². The molecular weight excluding hydrogens is 268 g/mol. The molecule has 0 aromatic heterocycles. The number of rotatable bonds is 7. The number of ether oxygens (including phenoxy) is 2. The zero-order chi connectivity index (χ0) is 14.6. The van der Waals surface area contributed by atoms with Crippen molar-refractivity contribution in [3.63, 3.8) is 0 Å². The second-order valence-corrected chi connectivity index (χ2v) is 4.96. The average molecular weight is 286 g/mol. The Kier molecular flexibility index (Phi) is 4.92. The number of carboxylic acid groups (broad SMARTS) is 2. The molecular formula is C12H18N2O6-2. The highest BCUT2D eigenvalue weighted by Crippen LogP contribution is 2.36. The van der Waals surface area contributed by atoms with Crippen molar-refractivity contribution in [2.45, 2.75) is 31.7 Å². The van der Waals surface area contributed by atoms with Crippen LogP contribution in [0.5, 0.6) is 0 Å². The van der Waals surface area contributed by atoms with Crippen molar-refractivity contribution < 1.29 is 29.3 Å². The van der Waals surface area contributed by atoms with Gasteiger partial charge in [-0.1, -0.05) is 0 Å². The van der Waals surface area contributed by atoms with Gasteiger partial charge in [-0.05, 0) is 19.3 Å². The molecule has 2 saturated heterocycles. The molecule has 2 unspecified atom stereocenters. The molecule has 0 aromatic carbocycles. The maximum absolute atomic E-state index is 11.8. The van der Waals surface area contributed by atoms with E-state index < -0.39 is 29.8 Å². The van der Waals surface area contributed by atoms with Crippen molar-refractivity contribution in [3.8, 4) is 0 Å². The first-order chi connectivity index (χ1) is 9.57. The summed E-state index contributed by atoms with van der Waals surface area (Å²) in [5, 5.41) is 28.2. The fourth-order valence-electron chi connectivity index (χ4n) is 2.75. The second kappa shape index (κ2) is 6.49. The monoisotopic (exact) mass is 286 g/mol. The van der Waals surface area contributed by atoms with Gasteiger partial charge >= 0.3 is 0 Å². The third kappa shape index (κ3) is 2.93. The number of carboxylic acids is 2. The van der Waals surface area contributed by atoms with E-state index in [1.54, 1.807) is 0 Å². The Morgan fingerprint density at radius 1 is 1.10 bits per heavy atom. The molecule has 2 aliphatic rings. The predicted molar refractivity (Wildman–Crippen MR) is 61.8 cm³/mol. The molecule has 0 aromatic rings. The Morgan fingerprint density at radius 2 is 1.65 bits per heavy atom. The smallest absolute Gasteiger partial charge is 0.123 e. The molecule has 2 N–H and O–H groups in total. The molecule has 8 heteroatoms. The van der Waals surface area contributed by atoms with Gasteiger partial charge in [-0.2, -0.15) is 0 Å². The topological polar surface area (TPSA) is 123 Å². The first-order valence-corrected chi connectivity index (χ1v) is 6.68. The largest absolute Gasteiger partial charge is 0.550 e. The molecule has 0 spiro atoms. The van der Waals surface area contributed by atoms with E-state index in [2.05, 4.69) is 10.6 Å². The number of nitrogens with one attached hydrogen (secondary N) is 2. The molecule has 20 heavy (non-hydrogen) atoms. The van der Waals surface area contributed by atoms with Gasteiger partial charge in [0, 0.05) is 19.1 Å². The fraction of sp³-hybridized carbons (Fsp3) is 0.833. The highest BCUT2D eigenvalue weighted by atomic mass is 16.5. The Hall–Kier alpha value is -1.22. The summed E-state index contributed by atoms with van der Waals surface area (Å²) in [6.07, 6.45) is -1.51. The van der Waals surface area contributed by atoms with E-state index in [1.165, 1.54) is 0 Å². The number of hydrogen-bond acceptors (Lipinski definition) is 8. The summed E-state index contributed by atoms with van der Waals surface area (Å²) in [4.78, 5) is 22.3. The summed E-state index contributed by atoms with van der Waals surface area (Å²) < 4.78 is 10.9. The van der Waals surface area contributed by atoms with Gasteiger partial charge in [0.1, 0.15) is 12.5 Å². The molecule has 2 atom stereocenters. The van der Waals surface area contributed by atoms with Gasteiger partial charge in [0.2, 0.25) is 0 Å². The lowest BCUT2D eigenvalue weighted by molar-refractivity contribution is -0.332. The summed E-state index contributed by atoms with van der Waals surface area (Å²) in [6.45, 7) is 1.86. The Morgan fingerprint density at radius 3 is 2.00 bits per heavy atom. The molecule has 0 bridgehead atoms. The maximum Gasteiger partial charge on any atom is 0.123 e. The van der Waals surface area contributed by atoms with Gasteiger partial charge in [-0.3, -0.25) is 10.6 Å². The van der Waals surface area contributed by atoms with Crippen LogP contribution in [0.25, 0.3) is 0 Å². The molecule has 0 aliphatic carbocycles. The minimum atomic E-state index is -1.46. The molecule has 2 aliphatic heterocycles. The normalized spacial score (nSPS) is 29.2. The van der Waals surface area contributed by atoms with E-state index in [9.17, 15) is 19.8 Å². The first kappa shape index (κ1) is 15.2. The Balaban J connectivity index is 2.18. The van der Waals surface area contributed by atoms with Crippen LogP contribution in [0.15, 0.2) is 0 Å². The molecule has 2 fully saturated rings. The third-order valence-corrected chi connectivity index (χ3v) is 3.72. The van der Waals surface area contributed by atoms with E-state index in [1.807, 2.05) is 0 Å². The van der Waals surface area contributed by atoms with Crippen LogP contribution in [-0.2, 0) is 19.1 Å². The predicted octanol–water partition coefficient (Wildman–Crippen LogP) is -3.47. The molecule has 8 nitrogen and oxygen atoms in total. The lowest BCUT2D eigenvalue weighted by Crippen LogP contribution is -2.63. The molecule has 114 valence electrons. The molecule has 0 radical (unpaired) electrons. The Labute approximate surface area is 116 Å². The van der Waals surface area contributed by atoms with E-state index in [4.69, 9.17) is 9.47 Å². The lowest BCUT2D eigenvalue weighted by atomic mass is 9.78. The van der Waals surface area contributed by atoms with Gasteiger partial charge in [0.15, 0.2) is 0 Å². The molecule has 0 saturated carbocycles. The van der Waals surface area contributed by atoms with Crippen molar-refractivity contribution >= 4 is 11.9 Å². The standard InChI is InChI=1S/C12H20N2O6/c15-8(16)2-1-3-12(11(17)18,9-13-4-6-19-9)10-14-5-7-20-10/h9-10,13-14H,1-7H2,(H,15,16)(H,17,18)/p-2. The molecule has 2 rings (SSSR count). The van der Waals surface area contributed by atoms with E-state index >= 15 is 0 Å². The van der Waals surface area contributed by atoms with E-state index in [0.717, 1.165) is 0 Å². The van der Waals surface area contributed by atoms with Gasteiger partial charge in [0.05, 0.1) is 24.6 Å². The van der Waals surface area contributed by atoms with E-state index in [-0.39, 0.29) is 19.3 Å². The van der Waals surface area contributed by atoms with Crippen LogP contribution in [0.3, 0.4) is 0 Å². The van der Waals surface area contributed by atoms with Gasteiger partial charge < -0.3 is 29.3 Å². The van der Waals surface area contributed by atoms with Crippen molar-refractivity contribution in [3.05, 3.63) is 0 Å². The Bertz CT molecular complexity index is 347. The molecule has 2 heterocycles. The minimum Gasteiger partial charge on any atom is -0.550 e. The third-order valence-electron chi connectivity index (χ3n) is 3.72. The zero-order valence-corrected chi connectivity index (χ0v) is 11.1. The zero-order valence-electron chi connectivity index (χ0n) is 11.1. The fourth-order valence-corrected chi connectivity index (χ4v) is 2.75. The number of aliphatic carboxylic acids is 2. The second-order valence-electron chi connectivity index (χ2n) is 4.96. The SMILES string of the molecule is O=C([O-])CCCC(C(=O)[O-])(C1NCCO1)C1NCCO1. The summed E-state index contributed by atoms with van der Waals surface area (Å²) in [5.41, 5.74) is -1.46. The first-order valence-electron chi connectivity index (χ1n) is 6.68. The maximum atomic E-state index is 11.8. The van der Waals surface area contributed by atoms with Crippen LogP contribution < -0.4 is 20.8 Å². The van der Waals surface area contributed by atoms with Crippen LogP contribution >= 0.6 is 0 Å². The highest BCUT2D eigenvalue weighted by Gasteiger charge is 2.50. The van der Waals surface area contributed by atoms with Crippen LogP contribution in [-0.4, -0.2) is 50.7 Å². The lowest BCUT2D eigenvalue weighted by Gasteiger charge is -2.43. The molecule has 0 amide bonds. The number of carbonyl (C=O) groups excluding carboxylic acids is 2. The van der Waals surface area contributed by atoms with Crippen molar-refractivity contribution in [2.24, 2.45) is 5.41 Å². The van der Waals surface area contributed by atoms with Gasteiger partial charge in [0.25, 0.3) is 0 Å². The van der Waals surface area contributed by atoms with Crippen LogP contribution in [0.2, 0.25) is 0 Å². The van der Waals surface area contributed by atoms with Crippen molar-refractivity contribution in [2.75, 3.05) is 26.3 Å². The van der Waals surface area contributed by atoms with Crippen LogP contribution in [0, 0.1) is 5.41 Å². The summed E-state index contributed by atoms with van der Waals surface area (Å²) >= 11 is 0. The minimum absolute atomic E-state index is 0.0681. The van der Waals surface area contributed by atoms with Gasteiger partial charge in [-0.15, -0.1) is 0 Å². The van der Waals surface area contributed by atoms with Crippen LogP contribution in [0.4, 0.5) is 0 Å². The summed E-state index contributed by atoms with van der Waals surface area (Å²) in [6, 6.07) is 0. The number of hydrogen-bond donors (Lipinski definition) is 2. The summed E-state index contributed by atoms with van der Waals surface area (Å²) in [7, 11) is 0. The van der Waals surface area contributed by atoms with Crippen molar-refractivity contribution in [1.29, 1.82) is 0 Å².